The van der Waals surface area contributed by atoms with E-state index in [0.29, 0.717) is 11.7 Å². The maximum absolute atomic E-state index is 5.90. The molecule has 0 aromatic carbocycles. The van der Waals surface area contributed by atoms with Crippen LogP contribution in [0.2, 0.25) is 0 Å². The second-order valence-electron chi connectivity index (χ2n) is 4.94. The van der Waals surface area contributed by atoms with Gasteiger partial charge in [-0.25, -0.2) is 4.98 Å². The molecule has 1 fully saturated rings. The van der Waals surface area contributed by atoms with Crippen LogP contribution >= 0.6 is 0 Å². The molecular formula is C13H19N5. The minimum absolute atomic E-state index is 0.533. The fraction of sp³-hybridized carbons (Fsp3) is 0.538. The second kappa shape index (κ2) is 4.57. The van der Waals surface area contributed by atoms with Crippen molar-refractivity contribution >= 4 is 11.5 Å². The molecule has 1 saturated heterocycles. The Morgan fingerprint density at radius 2 is 2.39 bits per heavy atom. The van der Waals surface area contributed by atoms with E-state index in [1.54, 1.807) is 16.8 Å². The number of fused-ring (bicyclic) bond motifs is 1. The first-order chi connectivity index (χ1) is 8.79. The third-order valence-corrected chi connectivity index (χ3v) is 3.85. The Bertz CT molecular complexity index is 547. The van der Waals surface area contributed by atoms with Gasteiger partial charge in [-0.15, -0.1) is 0 Å². The number of rotatable bonds is 2. The summed E-state index contributed by atoms with van der Waals surface area (Å²) in [7, 11) is 0. The number of hydrogen-bond donors (Lipinski definition) is 1. The van der Waals surface area contributed by atoms with Gasteiger partial charge in [0.05, 0.1) is 6.20 Å². The lowest BCUT2D eigenvalue weighted by Crippen LogP contribution is -2.34. The van der Waals surface area contributed by atoms with Gasteiger partial charge in [0.25, 0.3) is 0 Å². The third kappa shape index (κ3) is 1.84. The SMILES string of the molecule is CCN1CCCC(c2cnn3c(N)ccnc23)C1. The van der Waals surface area contributed by atoms with E-state index in [4.69, 9.17) is 5.73 Å². The average Bonchev–Trinajstić information content (AvgIpc) is 2.84. The van der Waals surface area contributed by atoms with Crippen LogP contribution in [-0.4, -0.2) is 39.1 Å². The van der Waals surface area contributed by atoms with Crippen molar-refractivity contribution in [3.63, 3.8) is 0 Å². The smallest absolute Gasteiger partial charge is 0.160 e. The summed E-state index contributed by atoms with van der Waals surface area (Å²) in [5.41, 5.74) is 8.05. The third-order valence-electron chi connectivity index (χ3n) is 3.85. The highest BCUT2D eigenvalue weighted by atomic mass is 15.3. The molecule has 5 nitrogen and oxygen atoms in total. The molecule has 3 heterocycles. The molecule has 1 atom stereocenters. The summed E-state index contributed by atoms with van der Waals surface area (Å²) in [5, 5.41) is 4.35. The van der Waals surface area contributed by atoms with Crippen molar-refractivity contribution in [3.05, 3.63) is 24.0 Å². The van der Waals surface area contributed by atoms with E-state index in [-0.39, 0.29) is 0 Å². The van der Waals surface area contributed by atoms with Gasteiger partial charge in [0.1, 0.15) is 5.82 Å². The van der Waals surface area contributed by atoms with Crippen LogP contribution in [-0.2, 0) is 0 Å². The predicted molar refractivity (Wildman–Crippen MR) is 71.5 cm³/mol. The Morgan fingerprint density at radius 1 is 1.50 bits per heavy atom. The number of likely N-dealkylation sites (N-methyl/N-ethyl adjacent to an activating group) is 1. The number of nitrogens with zero attached hydrogens (tertiary/aromatic N) is 4. The standard InChI is InChI=1S/C13H19N5/c1-2-17-7-3-4-10(9-17)11-8-16-18-12(14)5-6-15-13(11)18/h5-6,8,10H,2-4,7,9,14H2,1H3. The van der Waals surface area contributed by atoms with E-state index in [9.17, 15) is 0 Å². The van der Waals surface area contributed by atoms with Crippen LogP contribution in [0.3, 0.4) is 0 Å². The molecule has 1 aliphatic rings. The molecule has 0 aliphatic carbocycles. The fourth-order valence-electron chi connectivity index (χ4n) is 2.81. The zero-order valence-corrected chi connectivity index (χ0v) is 10.7. The van der Waals surface area contributed by atoms with Crippen molar-refractivity contribution in [2.75, 3.05) is 25.4 Å². The first-order valence-electron chi connectivity index (χ1n) is 6.60. The quantitative estimate of drug-likeness (QED) is 0.871. The number of hydrogen-bond acceptors (Lipinski definition) is 4. The van der Waals surface area contributed by atoms with Crippen LogP contribution in [0, 0.1) is 0 Å². The molecule has 3 rings (SSSR count). The van der Waals surface area contributed by atoms with E-state index in [1.807, 2.05) is 6.20 Å². The molecule has 2 aromatic heterocycles. The van der Waals surface area contributed by atoms with Gasteiger partial charge in [0.15, 0.2) is 5.65 Å². The maximum Gasteiger partial charge on any atom is 0.160 e. The van der Waals surface area contributed by atoms with Crippen LogP contribution in [0.25, 0.3) is 5.65 Å². The van der Waals surface area contributed by atoms with E-state index in [2.05, 4.69) is 21.9 Å². The number of anilines is 1. The number of aromatic nitrogens is 3. The summed E-state index contributed by atoms with van der Waals surface area (Å²) in [6.07, 6.45) is 6.16. The zero-order valence-electron chi connectivity index (χ0n) is 10.7. The number of nitrogens with two attached hydrogens (primary N) is 1. The van der Waals surface area contributed by atoms with Crippen molar-refractivity contribution in [2.45, 2.75) is 25.7 Å². The Hall–Kier alpha value is -1.62. The number of piperidine rings is 1. The van der Waals surface area contributed by atoms with Gasteiger partial charge < -0.3 is 10.6 Å². The van der Waals surface area contributed by atoms with Gasteiger partial charge in [0, 0.05) is 24.2 Å². The fourth-order valence-corrected chi connectivity index (χ4v) is 2.81. The lowest BCUT2D eigenvalue weighted by Gasteiger charge is -2.31. The minimum atomic E-state index is 0.533. The monoisotopic (exact) mass is 245 g/mol. The summed E-state index contributed by atoms with van der Waals surface area (Å²) in [6.45, 7) is 5.65. The molecule has 5 heteroatoms. The molecule has 0 saturated carbocycles. The second-order valence-corrected chi connectivity index (χ2v) is 4.94. The van der Waals surface area contributed by atoms with Crippen molar-refractivity contribution in [1.29, 1.82) is 0 Å². The summed E-state index contributed by atoms with van der Waals surface area (Å²) >= 11 is 0. The van der Waals surface area contributed by atoms with Gasteiger partial charge >= 0.3 is 0 Å². The summed E-state index contributed by atoms with van der Waals surface area (Å²) in [6, 6.07) is 1.78. The van der Waals surface area contributed by atoms with Gasteiger partial charge in [-0.2, -0.15) is 9.61 Å². The summed E-state index contributed by atoms with van der Waals surface area (Å²) in [4.78, 5) is 6.92. The van der Waals surface area contributed by atoms with Crippen LogP contribution < -0.4 is 5.73 Å². The highest BCUT2D eigenvalue weighted by Gasteiger charge is 2.23. The van der Waals surface area contributed by atoms with E-state index in [1.165, 1.54) is 24.9 Å². The first-order valence-corrected chi connectivity index (χ1v) is 6.60. The lowest BCUT2D eigenvalue weighted by atomic mass is 9.92. The number of nitrogen functional groups attached to an aromatic ring is 1. The topological polar surface area (TPSA) is 59.5 Å². The Labute approximate surface area is 107 Å². The molecule has 1 aliphatic heterocycles. The lowest BCUT2D eigenvalue weighted by molar-refractivity contribution is 0.218. The summed E-state index contributed by atoms with van der Waals surface area (Å²) < 4.78 is 1.74. The van der Waals surface area contributed by atoms with Gasteiger partial charge in [-0.1, -0.05) is 6.92 Å². The van der Waals surface area contributed by atoms with E-state index < -0.39 is 0 Å². The van der Waals surface area contributed by atoms with Crippen LogP contribution in [0.4, 0.5) is 5.82 Å². The number of likely N-dealkylation sites (tertiary alicyclic amines) is 1. The molecule has 0 bridgehead atoms. The van der Waals surface area contributed by atoms with Gasteiger partial charge in [-0.3, -0.25) is 0 Å². The van der Waals surface area contributed by atoms with E-state index >= 15 is 0 Å². The molecule has 1 unspecified atom stereocenters. The molecule has 0 amide bonds. The van der Waals surface area contributed by atoms with E-state index in [0.717, 1.165) is 18.7 Å². The van der Waals surface area contributed by atoms with Gasteiger partial charge in [0.2, 0.25) is 0 Å². The minimum Gasteiger partial charge on any atom is -0.384 e. The van der Waals surface area contributed by atoms with Crippen molar-refractivity contribution in [3.8, 4) is 0 Å². The Balaban J connectivity index is 1.96. The predicted octanol–water partition coefficient (Wildman–Crippen LogP) is 1.51. The first kappa shape index (κ1) is 11.5. The van der Waals surface area contributed by atoms with Crippen molar-refractivity contribution < 1.29 is 0 Å². The zero-order chi connectivity index (χ0) is 12.5. The molecule has 2 aromatic rings. The largest absolute Gasteiger partial charge is 0.384 e. The molecule has 96 valence electrons. The molecule has 2 N–H and O–H groups in total. The maximum atomic E-state index is 5.90. The van der Waals surface area contributed by atoms with Crippen LogP contribution in [0.1, 0.15) is 31.2 Å². The molecule has 0 spiro atoms. The normalized spacial score (nSPS) is 21.5. The van der Waals surface area contributed by atoms with Crippen molar-refractivity contribution in [2.24, 2.45) is 0 Å². The Kier molecular flexibility index (Phi) is 2.91. The highest BCUT2D eigenvalue weighted by molar-refractivity contribution is 5.52. The van der Waals surface area contributed by atoms with Crippen LogP contribution in [0.5, 0.6) is 0 Å². The molecular weight excluding hydrogens is 226 g/mol. The van der Waals surface area contributed by atoms with Gasteiger partial charge in [-0.05, 0) is 32.0 Å². The molecule has 0 radical (unpaired) electrons. The summed E-state index contributed by atoms with van der Waals surface area (Å²) in [5.74, 6) is 1.18. The highest BCUT2D eigenvalue weighted by Crippen LogP contribution is 2.29. The van der Waals surface area contributed by atoms with Crippen molar-refractivity contribution in [1.82, 2.24) is 19.5 Å². The Morgan fingerprint density at radius 3 is 3.22 bits per heavy atom. The average molecular weight is 245 g/mol. The molecule has 18 heavy (non-hydrogen) atoms. The van der Waals surface area contributed by atoms with Crippen LogP contribution in [0.15, 0.2) is 18.5 Å².